The number of benzene rings is 3. The Morgan fingerprint density at radius 2 is 1.80 bits per heavy atom. The summed E-state index contributed by atoms with van der Waals surface area (Å²) in [5.41, 5.74) is 2.31. The first-order valence-electron chi connectivity index (χ1n) is 9.24. The summed E-state index contributed by atoms with van der Waals surface area (Å²) in [4.78, 5) is 10.9. The summed E-state index contributed by atoms with van der Waals surface area (Å²) >= 11 is 6.09. The number of rotatable bonds is 9. The van der Waals surface area contributed by atoms with E-state index in [-0.39, 0.29) is 17.7 Å². The number of carbonyl (C=O) groups is 1. The SMILES string of the molecule is COc1cccc(CNCc2ccc(C(=O)O)cc2)c1OCc1c(F)cccc1Cl. The normalized spacial score (nSPS) is 10.6. The predicted molar refractivity (Wildman–Crippen MR) is 113 cm³/mol. The van der Waals surface area contributed by atoms with Crippen molar-refractivity contribution in [3.8, 4) is 11.5 Å². The zero-order valence-corrected chi connectivity index (χ0v) is 17.1. The summed E-state index contributed by atoms with van der Waals surface area (Å²) in [6, 6.07) is 16.7. The molecule has 30 heavy (non-hydrogen) atoms. The number of halogens is 2. The first kappa shape index (κ1) is 21.6. The van der Waals surface area contributed by atoms with Crippen molar-refractivity contribution in [2.24, 2.45) is 0 Å². The number of carboxylic acids is 1. The minimum atomic E-state index is -0.956. The summed E-state index contributed by atoms with van der Waals surface area (Å²) in [5, 5.41) is 12.6. The van der Waals surface area contributed by atoms with Crippen LogP contribution in [0.1, 0.15) is 27.0 Å². The number of aromatic carboxylic acids is 1. The van der Waals surface area contributed by atoms with E-state index in [1.807, 2.05) is 12.1 Å². The second-order valence-electron chi connectivity index (χ2n) is 6.54. The van der Waals surface area contributed by atoms with Gasteiger partial charge in [0.15, 0.2) is 11.5 Å². The minimum absolute atomic E-state index is 0.0322. The van der Waals surface area contributed by atoms with Crippen LogP contribution in [0, 0.1) is 5.82 Å². The third kappa shape index (κ3) is 5.28. The summed E-state index contributed by atoms with van der Waals surface area (Å²) in [6.07, 6.45) is 0. The predicted octanol–water partition coefficient (Wildman–Crippen LogP) is 5.05. The summed E-state index contributed by atoms with van der Waals surface area (Å²) in [6.45, 7) is 0.976. The molecule has 0 saturated carbocycles. The zero-order valence-electron chi connectivity index (χ0n) is 16.3. The Kier molecular flexibility index (Phi) is 7.27. The van der Waals surface area contributed by atoms with Gasteiger partial charge in [-0.25, -0.2) is 9.18 Å². The fourth-order valence-corrected chi connectivity index (χ4v) is 3.16. The highest BCUT2D eigenvalue weighted by Gasteiger charge is 2.14. The number of nitrogens with one attached hydrogen (secondary N) is 1. The molecule has 0 aliphatic carbocycles. The number of hydrogen-bond acceptors (Lipinski definition) is 4. The standard InChI is InChI=1S/C23H21ClFNO4/c1-29-21-7-2-4-17(13-26-12-15-8-10-16(11-9-15)23(27)28)22(21)30-14-18-19(24)5-3-6-20(18)25/h2-11,26H,12-14H2,1H3,(H,27,28). The molecule has 0 bridgehead atoms. The Labute approximate surface area is 179 Å². The lowest BCUT2D eigenvalue weighted by Gasteiger charge is -2.16. The molecule has 0 unspecified atom stereocenters. The molecule has 0 aliphatic rings. The van der Waals surface area contributed by atoms with Crippen LogP contribution in [0.25, 0.3) is 0 Å². The molecule has 0 aliphatic heterocycles. The van der Waals surface area contributed by atoms with Crippen molar-refractivity contribution in [1.82, 2.24) is 5.32 Å². The van der Waals surface area contributed by atoms with Crippen LogP contribution >= 0.6 is 11.6 Å². The van der Waals surface area contributed by atoms with Crippen LogP contribution in [0.4, 0.5) is 4.39 Å². The van der Waals surface area contributed by atoms with Crippen molar-refractivity contribution in [2.45, 2.75) is 19.7 Å². The third-order valence-corrected chi connectivity index (χ3v) is 4.90. The summed E-state index contributed by atoms with van der Waals surface area (Å²) in [7, 11) is 1.54. The molecule has 7 heteroatoms. The quantitative estimate of drug-likeness (QED) is 0.498. The average molecular weight is 430 g/mol. The monoisotopic (exact) mass is 429 g/mol. The molecule has 3 aromatic rings. The minimum Gasteiger partial charge on any atom is -0.493 e. The number of hydrogen-bond donors (Lipinski definition) is 2. The molecule has 0 saturated heterocycles. The van der Waals surface area contributed by atoms with Gasteiger partial charge in [-0.15, -0.1) is 0 Å². The first-order valence-corrected chi connectivity index (χ1v) is 9.62. The second-order valence-corrected chi connectivity index (χ2v) is 6.95. The van der Waals surface area contributed by atoms with Crippen LogP contribution in [0.2, 0.25) is 5.02 Å². The lowest BCUT2D eigenvalue weighted by molar-refractivity contribution is 0.0697. The van der Waals surface area contributed by atoms with Gasteiger partial charge in [0.25, 0.3) is 0 Å². The molecule has 0 amide bonds. The maximum atomic E-state index is 14.1. The third-order valence-electron chi connectivity index (χ3n) is 4.55. The van der Waals surface area contributed by atoms with Gasteiger partial charge < -0.3 is 19.9 Å². The Bertz CT molecular complexity index is 1000. The smallest absolute Gasteiger partial charge is 0.335 e. The molecule has 0 spiro atoms. The molecule has 0 aromatic heterocycles. The van der Waals surface area contributed by atoms with Gasteiger partial charge in [-0.05, 0) is 35.9 Å². The number of ether oxygens (including phenoxy) is 2. The molecular formula is C23H21ClFNO4. The molecule has 156 valence electrons. The van der Waals surface area contributed by atoms with Crippen LogP contribution in [-0.4, -0.2) is 18.2 Å². The molecule has 2 N–H and O–H groups in total. The van der Waals surface area contributed by atoms with Crippen molar-refractivity contribution < 1.29 is 23.8 Å². The first-order chi connectivity index (χ1) is 14.5. The van der Waals surface area contributed by atoms with Gasteiger partial charge in [-0.3, -0.25) is 0 Å². The van der Waals surface area contributed by atoms with Gasteiger partial charge in [0.2, 0.25) is 0 Å². The molecule has 0 heterocycles. The second kappa shape index (κ2) is 10.1. The molecule has 0 fully saturated rings. The van der Waals surface area contributed by atoms with Crippen LogP contribution in [0.5, 0.6) is 11.5 Å². The number of methoxy groups -OCH3 is 1. The molecule has 0 radical (unpaired) electrons. The van der Waals surface area contributed by atoms with E-state index in [9.17, 15) is 9.18 Å². The molecular weight excluding hydrogens is 409 g/mol. The fraction of sp³-hybridized carbons (Fsp3) is 0.174. The van der Waals surface area contributed by atoms with Crippen LogP contribution < -0.4 is 14.8 Å². The largest absolute Gasteiger partial charge is 0.493 e. The van der Waals surface area contributed by atoms with Crippen LogP contribution in [-0.2, 0) is 19.7 Å². The summed E-state index contributed by atoms with van der Waals surface area (Å²) < 4.78 is 25.4. The van der Waals surface area contributed by atoms with Crippen molar-refractivity contribution in [3.05, 3.63) is 93.8 Å². The maximum absolute atomic E-state index is 14.1. The molecule has 0 atom stereocenters. The van der Waals surface area contributed by atoms with E-state index in [2.05, 4.69) is 5.32 Å². The molecule has 5 nitrogen and oxygen atoms in total. The lowest BCUT2D eigenvalue weighted by atomic mass is 10.1. The van der Waals surface area contributed by atoms with E-state index < -0.39 is 11.8 Å². The Morgan fingerprint density at radius 1 is 1.07 bits per heavy atom. The highest BCUT2D eigenvalue weighted by atomic mass is 35.5. The van der Waals surface area contributed by atoms with E-state index in [4.69, 9.17) is 26.2 Å². The van der Waals surface area contributed by atoms with E-state index in [0.717, 1.165) is 11.1 Å². The fourth-order valence-electron chi connectivity index (χ4n) is 2.95. The van der Waals surface area contributed by atoms with Crippen molar-refractivity contribution >= 4 is 17.6 Å². The van der Waals surface area contributed by atoms with Crippen LogP contribution in [0.3, 0.4) is 0 Å². The molecule has 3 rings (SSSR count). The van der Waals surface area contributed by atoms with Gasteiger partial charge in [-0.1, -0.05) is 41.9 Å². The van der Waals surface area contributed by atoms with Gasteiger partial charge >= 0.3 is 5.97 Å². The summed E-state index contributed by atoms with van der Waals surface area (Å²) in [5.74, 6) is -0.342. The van der Waals surface area contributed by atoms with Crippen molar-refractivity contribution in [1.29, 1.82) is 0 Å². The number of carboxylic acid groups (broad SMARTS) is 1. The van der Waals surface area contributed by atoms with Crippen molar-refractivity contribution in [3.63, 3.8) is 0 Å². The van der Waals surface area contributed by atoms with E-state index in [1.165, 1.54) is 6.07 Å². The Hall–Kier alpha value is -3.09. The Balaban J connectivity index is 1.69. The van der Waals surface area contributed by atoms with Gasteiger partial charge in [-0.2, -0.15) is 0 Å². The lowest BCUT2D eigenvalue weighted by Crippen LogP contribution is -2.14. The maximum Gasteiger partial charge on any atom is 0.335 e. The Morgan fingerprint density at radius 3 is 2.47 bits per heavy atom. The van der Waals surface area contributed by atoms with E-state index in [0.29, 0.717) is 29.6 Å². The highest BCUT2D eigenvalue weighted by molar-refractivity contribution is 6.31. The number of para-hydroxylation sites is 1. The van der Waals surface area contributed by atoms with Crippen molar-refractivity contribution in [2.75, 3.05) is 7.11 Å². The average Bonchev–Trinajstić information content (AvgIpc) is 2.74. The molecule has 3 aromatic carbocycles. The van der Waals surface area contributed by atoms with Gasteiger partial charge in [0, 0.05) is 24.2 Å². The van der Waals surface area contributed by atoms with E-state index in [1.54, 1.807) is 49.6 Å². The van der Waals surface area contributed by atoms with Gasteiger partial charge in [0.1, 0.15) is 12.4 Å². The topological polar surface area (TPSA) is 67.8 Å². The highest BCUT2D eigenvalue weighted by Crippen LogP contribution is 2.33. The zero-order chi connectivity index (χ0) is 21.5. The van der Waals surface area contributed by atoms with E-state index >= 15 is 0 Å². The van der Waals surface area contributed by atoms with Gasteiger partial charge in [0.05, 0.1) is 17.7 Å². The van der Waals surface area contributed by atoms with Crippen LogP contribution in [0.15, 0.2) is 60.7 Å².